The summed E-state index contributed by atoms with van der Waals surface area (Å²) in [5.74, 6) is -0.713. The number of aliphatic hydroxyl groups is 1. The fraction of sp³-hybridized carbons (Fsp3) is 0.348. The highest BCUT2D eigenvalue weighted by Crippen LogP contribution is 2.39. The number of hydrogen-bond acceptors (Lipinski definition) is 5. The minimum atomic E-state index is -0.672. The Morgan fingerprint density at radius 3 is 2.62 bits per heavy atom. The average Bonchev–Trinajstić information content (AvgIpc) is 2.98. The van der Waals surface area contributed by atoms with Crippen LogP contribution in [-0.4, -0.2) is 39.8 Å². The Kier molecular flexibility index (Phi) is 6.32. The maximum absolute atomic E-state index is 12.8. The number of aromatic nitrogens is 1. The molecule has 1 amide bonds. The molecule has 1 aliphatic rings. The number of amides is 1. The van der Waals surface area contributed by atoms with Gasteiger partial charge in [0.25, 0.3) is 11.7 Å². The third-order valence-corrected chi connectivity index (χ3v) is 4.91. The molecule has 1 saturated heterocycles. The van der Waals surface area contributed by atoms with Crippen molar-refractivity contribution in [1.82, 2.24) is 9.88 Å². The molecule has 29 heavy (non-hydrogen) atoms. The van der Waals surface area contributed by atoms with Crippen LogP contribution in [0, 0.1) is 6.92 Å². The van der Waals surface area contributed by atoms with Crippen LogP contribution < -0.4 is 4.74 Å². The fourth-order valence-electron chi connectivity index (χ4n) is 3.56. The summed E-state index contributed by atoms with van der Waals surface area (Å²) in [7, 11) is 0. The molecule has 0 aliphatic carbocycles. The van der Waals surface area contributed by atoms with Gasteiger partial charge in [0.05, 0.1) is 18.2 Å². The van der Waals surface area contributed by atoms with E-state index < -0.39 is 17.7 Å². The minimum Gasteiger partial charge on any atom is -0.507 e. The van der Waals surface area contributed by atoms with Crippen LogP contribution in [-0.2, 0) is 9.59 Å². The van der Waals surface area contributed by atoms with Crippen LogP contribution >= 0.6 is 0 Å². The molecule has 2 aromatic rings. The second kappa shape index (κ2) is 8.90. The van der Waals surface area contributed by atoms with Crippen LogP contribution in [0.4, 0.5) is 0 Å². The maximum Gasteiger partial charge on any atom is 0.295 e. The topological polar surface area (TPSA) is 79.7 Å². The number of aryl methyl sites for hydroxylation is 1. The molecule has 1 N–H and O–H groups in total. The molecule has 0 saturated carbocycles. The van der Waals surface area contributed by atoms with Crippen molar-refractivity contribution < 1.29 is 19.4 Å². The first-order valence-corrected chi connectivity index (χ1v) is 9.91. The molecule has 1 aliphatic heterocycles. The number of ketones is 1. The van der Waals surface area contributed by atoms with Gasteiger partial charge in [-0.1, -0.05) is 19.9 Å². The molecular formula is C23H26N2O4. The molecule has 1 atom stereocenters. The van der Waals surface area contributed by atoms with Crippen molar-refractivity contribution in [3.8, 4) is 5.75 Å². The number of pyridine rings is 1. The number of ether oxygens (including phenoxy) is 1. The third kappa shape index (κ3) is 4.01. The smallest absolute Gasteiger partial charge is 0.295 e. The number of benzene rings is 1. The number of carbonyl (C=O) groups is 2. The first-order valence-electron chi connectivity index (χ1n) is 9.91. The van der Waals surface area contributed by atoms with Gasteiger partial charge in [-0.05, 0) is 55.2 Å². The van der Waals surface area contributed by atoms with E-state index in [0.29, 0.717) is 30.7 Å². The molecule has 2 heterocycles. The van der Waals surface area contributed by atoms with Gasteiger partial charge in [0.1, 0.15) is 11.5 Å². The Morgan fingerprint density at radius 1 is 1.21 bits per heavy atom. The van der Waals surface area contributed by atoms with Crippen molar-refractivity contribution in [2.45, 2.75) is 39.7 Å². The predicted octanol–water partition coefficient (Wildman–Crippen LogP) is 4.01. The van der Waals surface area contributed by atoms with Gasteiger partial charge in [-0.2, -0.15) is 0 Å². The van der Waals surface area contributed by atoms with Gasteiger partial charge in [0.2, 0.25) is 0 Å². The monoisotopic (exact) mass is 394 g/mol. The molecule has 0 radical (unpaired) electrons. The van der Waals surface area contributed by atoms with Crippen molar-refractivity contribution in [3.63, 3.8) is 0 Å². The Morgan fingerprint density at radius 2 is 2.00 bits per heavy atom. The Balaban J connectivity index is 2.09. The summed E-state index contributed by atoms with van der Waals surface area (Å²) in [6, 6.07) is 8.17. The van der Waals surface area contributed by atoms with Crippen LogP contribution in [0.5, 0.6) is 5.75 Å². The van der Waals surface area contributed by atoms with E-state index in [0.717, 1.165) is 17.7 Å². The van der Waals surface area contributed by atoms with Crippen molar-refractivity contribution >= 4 is 17.4 Å². The minimum absolute atomic E-state index is 0.0954. The fourth-order valence-corrected chi connectivity index (χ4v) is 3.56. The van der Waals surface area contributed by atoms with Crippen molar-refractivity contribution in [2.24, 2.45) is 0 Å². The summed E-state index contributed by atoms with van der Waals surface area (Å²) in [5.41, 5.74) is 2.12. The van der Waals surface area contributed by atoms with E-state index in [1.165, 1.54) is 4.90 Å². The molecule has 1 fully saturated rings. The Labute approximate surface area is 170 Å². The zero-order valence-corrected chi connectivity index (χ0v) is 17.0. The molecule has 1 unspecified atom stereocenters. The number of nitrogens with zero attached hydrogens (tertiary/aromatic N) is 2. The van der Waals surface area contributed by atoms with E-state index in [1.54, 1.807) is 36.7 Å². The quantitative estimate of drug-likeness (QED) is 0.436. The second-order valence-corrected chi connectivity index (χ2v) is 7.11. The van der Waals surface area contributed by atoms with E-state index in [9.17, 15) is 14.7 Å². The number of aliphatic hydroxyl groups excluding tert-OH is 1. The molecule has 152 valence electrons. The largest absolute Gasteiger partial charge is 0.507 e. The predicted molar refractivity (Wildman–Crippen MR) is 111 cm³/mol. The van der Waals surface area contributed by atoms with E-state index in [1.807, 2.05) is 26.8 Å². The summed E-state index contributed by atoms with van der Waals surface area (Å²) >= 11 is 0. The zero-order chi connectivity index (χ0) is 21.0. The molecule has 0 spiro atoms. The van der Waals surface area contributed by atoms with Gasteiger partial charge in [-0.15, -0.1) is 0 Å². The first-order chi connectivity index (χ1) is 14.0. The SMILES string of the molecule is CCCOc1ccc(/C(O)=C2/C(=O)C(=O)N(CCC)C2c2cccnc2)cc1C. The maximum atomic E-state index is 12.8. The third-order valence-electron chi connectivity index (χ3n) is 4.91. The van der Waals surface area contributed by atoms with E-state index in [4.69, 9.17) is 4.74 Å². The van der Waals surface area contributed by atoms with Crippen molar-refractivity contribution in [1.29, 1.82) is 0 Å². The lowest BCUT2D eigenvalue weighted by Gasteiger charge is -2.24. The molecule has 3 rings (SSSR count). The van der Waals surface area contributed by atoms with Crippen LogP contribution in [0.15, 0.2) is 48.3 Å². The molecule has 1 aromatic carbocycles. The van der Waals surface area contributed by atoms with Gasteiger partial charge in [0, 0.05) is 24.5 Å². The molecule has 0 bridgehead atoms. The normalized spacial score (nSPS) is 18.3. The van der Waals surface area contributed by atoms with Gasteiger partial charge in [0.15, 0.2) is 0 Å². The highest BCUT2D eigenvalue weighted by molar-refractivity contribution is 6.46. The lowest BCUT2D eigenvalue weighted by molar-refractivity contribution is -0.139. The van der Waals surface area contributed by atoms with Crippen LogP contribution in [0.1, 0.15) is 49.4 Å². The summed E-state index contributed by atoms with van der Waals surface area (Å²) in [6.45, 7) is 6.89. The van der Waals surface area contributed by atoms with Crippen LogP contribution in [0.2, 0.25) is 0 Å². The number of rotatable bonds is 7. The molecule has 6 nitrogen and oxygen atoms in total. The van der Waals surface area contributed by atoms with Gasteiger partial charge < -0.3 is 14.7 Å². The Hall–Kier alpha value is -3.15. The highest BCUT2D eigenvalue weighted by atomic mass is 16.5. The lowest BCUT2D eigenvalue weighted by Crippen LogP contribution is -2.30. The number of likely N-dealkylation sites (tertiary alicyclic amines) is 1. The lowest BCUT2D eigenvalue weighted by atomic mass is 9.95. The molecular weight excluding hydrogens is 368 g/mol. The second-order valence-electron chi connectivity index (χ2n) is 7.11. The number of carbonyl (C=O) groups excluding carboxylic acids is 2. The molecule has 6 heteroatoms. The van der Waals surface area contributed by atoms with Gasteiger partial charge in [-0.25, -0.2) is 0 Å². The van der Waals surface area contributed by atoms with Crippen LogP contribution in [0.3, 0.4) is 0 Å². The average molecular weight is 394 g/mol. The van der Waals surface area contributed by atoms with E-state index in [-0.39, 0.29) is 11.3 Å². The summed E-state index contributed by atoms with van der Waals surface area (Å²) < 4.78 is 5.69. The first kappa shape index (κ1) is 20.6. The van der Waals surface area contributed by atoms with E-state index >= 15 is 0 Å². The van der Waals surface area contributed by atoms with Gasteiger partial charge in [-0.3, -0.25) is 14.6 Å². The molecule has 1 aromatic heterocycles. The Bertz CT molecular complexity index is 937. The number of hydrogen-bond donors (Lipinski definition) is 1. The van der Waals surface area contributed by atoms with Gasteiger partial charge >= 0.3 is 0 Å². The highest BCUT2D eigenvalue weighted by Gasteiger charge is 2.45. The van der Waals surface area contributed by atoms with Crippen LogP contribution in [0.25, 0.3) is 5.76 Å². The van der Waals surface area contributed by atoms with Crippen molar-refractivity contribution in [3.05, 3.63) is 65.0 Å². The summed E-state index contributed by atoms with van der Waals surface area (Å²) in [4.78, 5) is 31.1. The summed E-state index contributed by atoms with van der Waals surface area (Å²) in [6.07, 6.45) is 4.85. The van der Waals surface area contributed by atoms with E-state index in [2.05, 4.69) is 4.98 Å². The zero-order valence-electron chi connectivity index (χ0n) is 17.0. The van der Waals surface area contributed by atoms with Crippen molar-refractivity contribution in [2.75, 3.05) is 13.2 Å². The summed E-state index contributed by atoms with van der Waals surface area (Å²) in [5, 5.41) is 11.0. The number of Topliss-reactive ketones (excluding diaryl/α,β-unsaturated/α-hetero) is 1. The standard InChI is InChI=1S/C23H26N2O4/c1-4-11-25-20(17-7-6-10-24-14-17)19(22(27)23(25)28)21(26)16-8-9-18(15(3)13-16)29-12-5-2/h6-10,13-14,20,26H,4-5,11-12H2,1-3H3/b21-19-.